The van der Waals surface area contributed by atoms with Crippen molar-refractivity contribution in [2.45, 2.75) is 58.7 Å². The van der Waals surface area contributed by atoms with Gasteiger partial charge in [0.05, 0.1) is 17.9 Å². The zero-order valence-corrected chi connectivity index (χ0v) is 18.9. The van der Waals surface area contributed by atoms with E-state index in [1.165, 1.54) is 6.07 Å². The van der Waals surface area contributed by atoms with Crippen LogP contribution in [0.5, 0.6) is 5.75 Å². The van der Waals surface area contributed by atoms with Crippen LogP contribution < -0.4 is 20.7 Å². The van der Waals surface area contributed by atoms with E-state index in [-0.39, 0.29) is 23.8 Å². The van der Waals surface area contributed by atoms with Gasteiger partial charge in [-0.2, -0.15) is 0 Å². The quantitative estimate of drug-likeness (QED) is 0.687. The molecule has 0 saturated carbocycles. The monoisotopic (exact) mass is 442 g/mol. The summed E-state index contributed by atoms with van der Waals surface area (Å²) in [5.74, 6) is 1.44. The smallest absolute Gasteiger partial charge is 0.219 e. The van der Waals surface area contributed by atoms with E-state index in [1.54, 1.807) is 24.0 Å². The van der Waals surface area contributed by atoms with E-state index in [2.05, 4.69) is 24.1 Å². The third-order valence-electron chi connectivity index (χ3n) is 5.85. The molecule has 0 bridgehead atoms. The van der Waals surface area contributed by atoms with Crippen LogP contribution in [0.25, 0.3) is 0 Å². The Kier molecular flexibility index (Phi) is 6.34. The molecule has 8 nitrogen and oxygen atoms in total. The molecule has 2 aliphatic rings. The molecule has 1 aromatic carbocycles. The van der Waals surface area contributed by atoms with Crippen molar-refractivity contribution >= 4 is 23.2 Å². The van der Waals surface area contributed by atoms with E-state index in [0.717, 1.165) is 49.0 Å². The van der Waals surface area contributed by atoms with Crippen molar-refractivity contribution in [3.63, 3.8) is 0 Å². The third-order valence-corrected chi connectivity index (χ3v) is 5.85. The fourth-order valence-corrected chi connectivity index (χ4v) is 4.16. The van der Waals surface area contributed by atoms with Crippen LogP contribution in [0.2, 0.25) is 0 Å². The van der Waals surface area contributed by atoms with E-state index < -0.39 is 5.82 Å². The van der Waals surface area contributed by atoms with E-state index in [9.17, 15) is 9.18 Å². The largest absolute Gasteiger partial charge is 0.487 e. The Balaban J connectivity index is 1.49. The van der Waals surface area contributed by atoms with Crippen molar-refractivity contribution in [3.8, 4) is 5.75 Å². The summed E-state index contributed by atoms with van der Waals surface area (Å²) in [5.41, 5.74) is 7.81. The molecule has 3 heterocycles. The number of nitrogen functional groups attached to an aromatic ring is 1. The predicted molar refractivity (Wildman–Crippen MR) is 122 cm³/mol. The van der Waals surface area contributed by atoms with E-state index >= 15 is 0 Å². The number of hydrogen-bond acceptors (Lipinski definition) is 7. The van der Waals surface area contributed by atoms with Gasteiger partial charge >= 0.3 is 0 Å². The topological polar surface area (TPSA) is 96.6 Å². The average Bonchev–Trinajstić information content (AvgIpc) is 2.75. The lowest BCUT2D eigenvalue weighted by molar-refractivity contribution is -0.129. The first-order chi connectivity index (χ1) is 15.3. The molecule has 0 unspecified atom stereocenters. The number of anilines is 3. The highest BCUT2D eigenvalue weighted by Gasteiger charge is 2.28. The molecule has 0 aliphatic carbocycles. The minimum absolute atomic E-state index is 0.0551. The van der Waals surface area contributed by atoms with Gasteiger partial charge in [-0.3, -0.25) is 4.79 Å². The number of halogens is 1. The molecule has 1 amide bonds. The number of fused-ring (bicyclic) bond motifs is 1. The normalized spacial score (nSPS) is 16.8. The van der Waals surface area contributed by atoms with Crippen LogP contribution in [-0.4, -0.2) is 52.6 Å². The Bertz CT molecular complexity index is 991. The van der Waals surface area contributed by atoms with Crippen LogP contribution in [0.1, 0.15) is 45.0 Å². The number of nitrogens with zero attached hydrogens (tertiary/aromatic N) is 4. The fourth-order valence-electron chi connectivity index (χ4n) is 4.16. The maximum absolute atomic E-state index is 14.1. The van der Waals surface area contributed by atoms with E-state index in [1.807, 2.05) is 0 Å². The maximum Gasteiger partial charge on any atom is 0.219 e. The number of carbonyl (C=O) groups is 1. The highest BCUT2D eigenvalue weighted by atomic mass is 19.1. The number of rotatable bonds is 5. The molecule has 4 rings (SSSR count). The van der Waals surface area contributed by atoms with Crippen LogP contribution in [0.3, 0.4) is 0 Å². The lowest BCUT2D eigenvalue weighted by atomic mass is 10.1. The summed E-state index contributed by atoms with van der Waals surface area (Å²) >= 11 is 0. The van der Waals surface area contributed by atoms with Crippen molar-refractivity contribution in [2.75, 3.05) is 35.6 Å². The van der Waals surface area contributed by atoms with Crippen molar-refractivity contribution in [1.29, 1.82) is 0 Å². The first-order valence-electron chi connectivity index (χ1n) is 11.2. The highest BCUT2D eigenvalue weighted by molar-refractivity contribution is 5.73. The van der Waals surface area contributed by atoms with Crippen LogP contribution >= 0.6 is 0 Å². The predicted octanol–water partition coefficient (Wildman–Crippen LogP) is 2.97. The van der Waals surface area contributed by atoms with Crippen molar-refractivity contribution in [1.82, 2.24) is 14.9 Å². The molecule has 32 heavy (non-hydrogen) atoms. The molecule has 0 atom stereocenters. The fraction of sp³-hybridized carbons (Fsp3) is 0.522. The van der Waals surface area contributed by atoms with Crippen molar-refractivity contribution in [2.24, 2.45) is 0 Å². The number of benzene rings is 1. The number of hydrogen-bond donors (Lipinski definition) is 2. The van der Waals surface area contributed by atoms with Gasteiger partial charge in [-0.05, 0) is 26.0 Å². The van der Waals surface area contributed by atoms with Crippen LogP contribution in [0, 0.1) is 5.82 Å². The molecular formula is C23H31FN6O2. The lowest BCUT2D eigenvalue weighted by Crippen LogP contribution is -2.40. The number of nitrogens with two attached hydrogens (primary N) is 1. The zero-order valence-electron chi connectivity index (χ0n) is 18.9. The van der Waals surface area contributed by atoms with Gasteiger partial charge in [0.15, 0.2) is 23.2 Å². The number of aromatic nitrogens is 2. The van der Waals surface area contributed by atoms with Gasteiger partial charge < -0.3 is 25.6 Å². The maximum atomic E-state index is 14.1. The van der Waals surface area contributed by atoms with E-state index in [4.69, 9.17) is 20.4 Å². The molecule has 0 radical (unpaired) electrons. The summed E-state index contributed by atoms with van der Waals surface area (Å²) in [7, 11) is 0. The van der Waals surface area contributed by atoms with Crippen molar-refractivity contribution in [3.05, 3.63) is 35.4 Å². The Morgan fingerprint density at radius 3 is 2.62 bits per heavy atom. The molecule has 2 aromatic rings. The molecule has 172 valence electrons. The number of carbonyl (C=O) groups excluding carboxylic acids is 1. The molecular weight excluding hydrogens is 411 g/mol. The minimum atomic E-state index is -0.434. The standard InChI is InChI=1S/C23H31FN6O2/c1-14(2)26-22-23(28-19-8-11-30(15(3)31)13-20(19)27-22)29-9-6-17(7-10-29)32-21-5-4-16(25)12-18(21)24/h4-5,12,14,17H,6-11,13,25H2,1-3H3,(H,26,27). The van der Waals surface area contributed by atoms with Gasteiger partial charge in [0.2, 0.25) is 5.91 Å². The molecule has 2 aliphatic heterocycles. The summed E-state index contributed by atoms with van der Waals surface area (Å²) in [6.07, 6.45) is 2.14. The van der Waals surface area contributed by atoms with Crippen LogP contribution in [0.4, 0.5) is 21.7 Å². The number of nitrogens with one attached hydrogen (secondary N) is 1. The summed E-state index contributed by atoms with van der Waals surface area (Å²) in [6.45, 7) is 8.34. The molecule has 9 heteroatoms. The summed E-state index contributed by atoms with van der Waals surface area (Å²) in [5, 5.41) is 3.42. The average molecular weight is 443 g/mol. The Morgan fingerprint density at radius 2 is 1.97 bits per heavy atom. The Hall–Kier alpha value is -3.10. The Labute approximate surface area is 188 Å². The summed E-state index contributed by atoms with van der Waals surface area (Å²) in [6, 6.07) is 4.71. The summed E-state index contributed by atoms with van der Waals surface area (Å²) in [4.78, 5) is 25.6. The van der Waals surface area contributed by atoms with Gasteiger partial charge in [0.1, 0.15) is 6.10 Å². The Morgan fingerprint density at radius 1 is 1.22 bits per heavy atom. The van der Waals surface area contributed by atoms with Gasteiger partial charge in [0, 0.05) is 63.6 Å². The van der Waals surface area contributed by atoms with Gasteiger partial charge in [-0.15, -0.1) is 0 Å². The SMILES string of the molecule is CC(=O)N1CCc2nc(N3CCC(Oc4ccc(N)cc4F)CC3)c(NC(C)C)nc2C1. The lowest BCUT2D eigenvalue weighted by Gasteiger charge is -2.35. The molecule has 1 aromatic heterocycles. The number of amides is 1. The molecule has 3 N–H and O–H groups in total. The van der Waals surface area contributed by atoms with Gasteiger partial charge in [-0.1, -0.05) is 0 Å². The van der Waals surface area contributed by atoms with Crippen molar-refractivity contribution < 1.29 is 13.9 Å². The minimum Gasteiger partial charge on any atom is -0.487 e. The first-order valence-corrected chi connectivity index (χ1v) is 11.2. The second kappa shape index (κ2) is 9.18. The van der Waals surface area contributed by atoms with Crippen LogP contribution in [0.15, 0.2) is 18.2 Å². The second-order valence-corrected chi connectivity index (χ2v) is 8.77. The zero-order chi connectivity index (χ0) is 22.8. The summed E-state index contributed by atoms with van der Waals surface area (Å²) < 4.78 is 20.0. The highest BCUT2D eigenvalue weighted by Crippen LogP contribution is 2.30. The van der Waals surface area contributed by atoms with Gasteiger partial charge in [0.25, 0.3) is 0 Å². The molecule has 1 saturated heterocycles. The molecule has 1 fully saturated rings. The van der Waals surface area contributed by atoms with E-state index in [0.29, 0.717) is 25.2 Å². The van der Waals surface area contributed by atoms with Crippen LogP contribution in [-0.2, 0) is 17.8 Å². The van der Waals surface area contributed by atoms with Gasteiger partial charge in [-0.25, -0.2) is 14.4 Å². The third kappa shape index (κ3) is 4.87. The second-order valence-electron chi connectivity index (χ2n) is 8.77. The number of piperidine rings is 1. The molecule has 0 spiro atoms. The number of ether oxygens (including phenoxy) is 1. The first kappa shape index (κ1) is 22.1.